The number of rotatable bonds is 2. The van der Waals surface area contributed by atoms with Gasteiger partial charge in [0.25, 0.3) is 0 Å². The lowest BCUT2D eigenvalue weighted by Gasteiger charge is -2.17. The molecule has 1 N–H and O–H groups in total. The molecule has 2 rings (SSSR count). The number of nitrogens with one attached hydrogen (secondary N) is 1. The Balaban J connectivity index is 2.41. The Kier molecular flexibility index (Phi) is 2.86. The Bertz CT molecular complexity index is 422. The molecule has 0 radical (unpaired) electrons. The third-order valence-corrected chi connectivity index (χ3v) is 3.26. The molecule has 0 aliphatic heterocycles. The molecule has 0 bridgehead atoms. The predicted molar refractivity (Wildman–Crippen MR) is 54.3 cm³/mol. The quantitative estimate of drug-likeness (QED) is 0.780. The van der Waals surface area contributed by atoms with Crippen LogP contribution in [0, 0.1) is 12.7 Å². The Labute approximate surface area is 90.1 Å². The minimum absolute atomic E-state index is 0.239. The first-order chi connectivity index (χ1) is 7.09. The van der Waals surface area contributed by atoms with Crippen LogP contribution in [0.2, 0.25) is 0 Å². The third-order valence-electron chi connectivity index (χ3n) is 2.79. The van der Waals surface area contributed by atoms with E-state index in [-0.39, 0.29) is 11.9 Å². The summed E-state index contributed by atoms with van der Waals surface area (Å²) in [4.78, 5) is 0. The standard InChI is InChI=1S/C10H12FNO2S/c1-6-2-4-8(11)7-3-5-9(10(6)7)12-15(13)14/h2,4,9,12H,3,5H2,1H3,(H,13,14)/p-1. The van der Waals surface area contributed by atoms with Crippen LogP contribution in [0.15, 0.2) is 12.1 Å². The van der Waals surface area contributed by atoms with Gasteiger partial charge in [-0.1, -0.05) is 6.07 Å². The molecule has 0 spiro atoms. The van der Waals surface area contributed by atoms with E-state index in [0.717, 1.165) is 11.1 Å². The molecule has 1 aliphatic rings. The van der Waals surface area contributed by atoms with Crippen LogP contribution >= 0.6 is 0 Å². The molecule has 1 aromatic carbocycles. The van der Waals surface area contributed by atoms with E-state index in [1.807, 2.05) is 6.92 Å². The summed E-state index contributed by atoms with van der Waals surface area (Å²) < 4.78 is 36.9. The Morgan fingerprint density at radius 1 is 1.60 bits per heavy atom. The van der Waals surface area contributed by atoms with Gasteiger partial charge >= 0.3 is 0 Å². The van der Waals surface area contributed by atoms with E-state index in [4.69, 9.17) is 0 Å². The lowest BCUT2D eigenvalue weighted by Crippen LogP contribution is -2.21. The SMILES string of the molecule is Cc1ccc(F)c2c1C(NS(=O)[O-])CC2. The molecule has 5 heteroatoms. The summed E-state index contributed by atoms with van der Waals surface area (Å²) in [5.74, 6) is -0.239. The molecule has 0 aromatic heterocycles. The molecular weight excluding hydrogens is 217 g/mol. The van der Waals surface area contributed by atoms with Gasteiger partial charge < -0.3 is 4.55 Å². The Morgan fingerprint density at radius 2 is 2.33 bits per heavy atom. The van der Waals surface area contributed by atoms with Crippen molar-refractivity contribution >= 4 is 11.3 Å². The van der Waals surface area contributed by atoms with Gasteiger partial charge in [-0.2, -0.15) is 0 Å². The van der Waals surface area contributed by atoms with E-state index in [9.17, 15) is 13.2 Å². The maximum Gasteiger partial charge on any atom is 0.126 e. The fraction of sp³-hybridized carbons (Fsp3) is 0.400. The summed E-state index contributed by atoms with van der Waals surface area (Å²) in [6.07, 6.45) is 1.22. The van der Waals surface area contributed by atoms with E-state index in [1.165, 1.54) is 6.07 Å². The summed E-state index contributed by atoms with van der Waals surface area (Å²) in [5, 5.41) is 0. The van der Waals surface area contributed by atoms with Crippen molar-refractivity contribution in [2.75, 3.05) is 0 Å². The summed E-state index contributed by atoms with van der Waals surface area (Å²) in [5.41, 5.74) is 2.39. The van der Waals surface area contributed by atoms with Crippen molar-refractivity contribution in [3.05, 3.63) is 34.6 Å². The van der Waals surface area contributed by atoms with Gasteiger partial charge in [0, 0.05) is 17.3 Å². The molecule has 0 heterocycles. The van der Waals surface area contributed by atoms with Crippen LogP contribution in [0.4, 0.5) is 4.39 Å². The van der Waals surface area contributed by atoms with Gasteiger partial charge in [0.1, 0.15) is 5.82 Å². The number of hydrogen-bond donors (Lipinski definition) is 1. The zero-order chi connectivity index (χ0) is 11.0. The van der Waals surface area contributed by atoms with Crippen LogP contribution in [-0.2, 0) is 17.7 Å². The first-order valence-corrected chi connectivity index (χ1v) is 5.80. The highest BCUT2D eigenvalue weighted by Crippen LogP contribution is 2.35. The van der Waals surface area contributed by atoms with Crippen molar-refractivity contribution in [3.8, 4) is 0 Å². The fourth-order valence-corrected chi connectivity index (χ4v) is 2.63. The molecule has 0 amide bonds. The van der Waals surface area contributed by atoms with Gasteiger partial charge in [0.05, 0.1) is 0 Å². The molecule has 15 heavy (non-hydrogen) atoms. The first kappa shape index (κ1) is 10.7. The predicted octanol–water partition coefficient (Wildman–Crippen LogP) is 1.51. The number of benzene rings is 1. The molecule has 0 saturated heterocycles. The molecule has 0 saturated carbocycles. The second-order valence-electron chi connectivity index (χ2n) is 3.70. The van der Waals surface area contributed by atoms with Crippen molar-refractivity contribution in [2.24, 2.45) is 0 Å². The molecule has 3 nitrogen and oxygen atoms in total. The van der Waals surface area contributed by atoms with Gasteiger partial charge in [-0.3, -0.25) is 4.21 Å². The van der Waals surface area contributed by atoms with Crippen molar-refractivity contribution in [1.82, 2.24) is 4.72 Å². The van der Waals surface area contributed by atoms with Crippen LogP contribution in [-0.4, -0.2) is 8.76 Å². The van der Waals surface area contributed by atoms with Gasteiger partial charge in [-0.15, -0.1) is 0 Å². The van der Waals surface area contributed by atoms with Crippen molar-refractivity contribution in [2.45, 2.75) is 25.8 Å². The van der Waals surface area contributed by atoms with E-state index in [1.54, 1.807) is 6.07 Å². The molecule has 1 aromatic rings. The molecule has 1 aliphatic carbocycles. The van der Waals surface area contributed by atoms with Gasteiger partial charge in [0.15, 0.2) is 0 Å². The lowest BCUT2D eigenvalue weighted by molar-refractivity contribution is 0.504. The smallest absolute Gasteiger partial charge is 0.126 e. The second kappa shape index (κ2) is 4.00. The van der Waals surface area contributed by atoms with E-state index in [2.05, 4.69) is 4.72 Å². The van der Waals surface area contributed by atoms with Crippen LogP contribution < -0.4 is 4.72 Å². The fourth-order valence-electron chi connectivity index (χ4n) is 2.16. The topological polar surface area (TPSA) is 52.2 Å². The molecule has 0 fully saturated rings. The third kappa shape index (κ3) is 1.95. The highest BCUT2D eigenvalue weighted by Gasteiger charge is 2.26. The minimum Gasteiger partial charge on any atom is -0.760 e. The average Bonchev–Trinajstić information content (AvgIpc) is 2.56. The highest BCUT2D eigenvalue weighted by molar-refractivity contribution is 7.77. The second-order valence-corrected chi connectivity index (χ2v) is 4.41. The summed E-state index contributed by atoms with van der Waals surface area (Å²) >= 11 is -2.30. The lowest BCUT2D eigenvalue weighted by atomic mass is 10.0. The summed E-state index contributed by atoms with van der Waals surface area (Å²) in [6, 6.07) is 2.85. The maximum atomic E-state index is 13.4. The normalized spacial score (nSPS) is 21.4. The Morgan fingerprint density at radius 3 is 3.00 bits per heavy atom. The zero-order valence-corrected chi connectivity index (χ0v) is 9.07. The van der Waals surface area contributed by atoms with Gasteiger partial charge in [-0.25, -0.2) is 9.11 Å². The minimum atomic E-state index is -2.30. The van der Waals surface area contributed by atoms with Crippen LogP contribution in [0.3, 0.4) is 0 Å². The van der Waals surface area contributed by atoms with Crippen molar-refractivity contribution < 1.29 is 13.2 Å². The van der Waals surface area contributed by atoms with Crippen LogP contribution in [0.25, 0.3) is 0 Å². The largest absolute Gasteiger partial charge is 0.760 e. The Hall–Kier alpha value is -0.780. The average molecular weight is 228 g/mol. The molecule has 2 unspecified atom stereocenters. The zero-order valence-electron chi connectivity index (χ0n) is 8.25. The van der Waals surface area contributed by atoms with Crippen LogP contribution in [0.1, 0.15) is 29.2 Å². The maximum absolute atomic E-state index is 13.4. The number of fused-ring (bicyclic) bond motifs is 1. The van der Waals surface area contributed by atoms with E-state index >= 15 is 0 Å². The molecular formula is C10H11FNO2S-. The first-order valence-electron chi connectivity index (χ1n) is 4.73. The number of halogens is 1. The molecule has 2 atom stereocenters. The van der Waals surface area contributed by atoms with E-state index < -0.39 is 11.3 Å². The number of aryl methyl sites for hydroxylation is 1. The number of hydrogen-bond acceptors (Lipinski definition) is 2. The summed E-state index contributed by atoms with van der Waals surface area (Å²) in [6.45, 7) is 1.87. The monoisotopic (exact) mass is 228 g/mol. The van der Waals surface area contributed by atoms with Crippen molar-refractivity contribution in [3.63, 3.8) is 0 Å². The van der Waals surface area contributed by atoms with Crippen molar-refractivity contribution in [1.29, 1.82) is 0 Å². The summed E-state index contributed by atoms with van der Waals surface area (Å²) in [7, 11) is 0. The van der Waals surface area contributed by atoms with E-state index in [0.29, 0.717) is 18.4 Å². The molecule has 82 valence electrons. The van der Waals surface area contributed by atoms with Crippen LogP contribution in [0.5, 0.6) is 0 Å². The highest BCUT2D eigenvalue weighted by atomic mass is 32.2. The van der Waals surface area contributed by atoms with Gasteiger partial charge in [-0.05, 0) is 42.5 Å². The van der Waals surface area contributed by atoms with Gasteiger partial charge in [0.2, 0.25) is 0 Å².